The zero-order valence-electron chi connectivity index (χ0n) is 25.3. The number of nitrogens with two attached hydrogens (primary N) is 1. The van der Waals surface area contributed by atoms with E-state index < -0.39 is 40.9 Å². The fraction of sp³-hybridized carbons (Fsp3) is 0.258. The van der Waals surface area contributed by atoms with Gasteiger partial charge in [-0.1, -0.05) is 47.7 Å². The molecule has 2 atom stereocenters. The number of fused-ring (bicyclic) bond motifs is 2. The number of nitrogen functional groups attached to an aromatic ring is 1. The van der Waals surface area contributed by atoms with E-state index >= 15 is 0 Å². The molecule has 0 unspecified atom stereocenters. The number of carbonyl (C=O) groups excluding carboxylic acids is 3. The van der Waals surface area contributed by atoms with Crippen molar-refractivity contribution in [1.29, 1.82) is 5.26 Å². The summed E-state index contributed by atoms with van der Waals surface area (Å²) in [4.78, 5) is 48.9. The van der Waals surface area contributed by atoms with Crippen LogP contribution in [0.1, 0.15) is 16.7 Å². The zero-order chi connectivity index (χ0) is 33.9. The van der Waals surface area contributed by atoms with Crippen molar-refractivity contribution in [2.45, 2.75) is 31.7 Å². The Balaban J connectivity index is 1.31. The molecule has 248 valence electrons. The highest BCUT2D eigenvalue weighted by atomic mass is 32.2. The molecule has 4 N–H and O–H groups in total. The Morgan fingerprint density at radius 3 is 2.54 bits per heavy atom. The molecule has 0 saturated carbocycles. The Morgan fingerprint density at radius 1 is 1.10 bits per heavy atom. The molecule has 2 aliphatic heterocycles. The lowest BCUT2D eigenvalue weighted by Gasteiger charge is -2.46. The van der Waals surface area contributed by atoms with Crippen molar-refractivity contribution in [2.24, 2.45) is 0 Å². The van der Waals surface area contributed by atoms with Crippen LogP contribution in [0, 0.1) is 17.1 Å². The maximum absolute atomic E-state index is 14.2. The molecule has 2 saturated heterocycles. The fourth-order valence-corrected chi connectivity index (χ4v) is 7.15. The van der Waals surface area contributed by atoms with Gasteiger partial charge in [-0.05, 0) is 47.0 Å². The maximum Gasteiger partial charge on any atom is 0.333 e. The van der Waals surface area contributed by atoms with Crippen LogP contribution < -0.4 is 15.8 Å². The monoisotopic (exact) mass is 691 g/mol. The van der Waals surface area contributed by atoms with Gasteiger partial charge in [0.25, 0.3) is 0 Å². The normalized spacial score (nSPS) is 17.9. The second-order valence-electron chi connectivity index (χ2n) is 11.2. The second kappa shape index (κ2) is 13.8. The lowest BCUT2D eigenvalue weighted by atomic mass is 9.99. The lowest BCUT2D eigenvalue weighted by Crippen LogP contribution is -2.66. The van der Waals surface area contributed by atoms with E-state index in [9.17, 15) is 32.5 Å². The number of hydrogen-bond acceptors (Lipinski definition) is 10. The predicted octanol–water partition coefficient (Wildman–Crippen LogP) is 2.03. The molecule has 17 heteroatoms. The molecule has 14 nitrogen and oxygen atoms in total. The first-order valence-corrected chi connectivity index (χ1v) is 16.8. The molecular weight excluding hydrogens is 662 g/mol. The van der Waals surface area contributed by atoms with E-state index in [-0.39, 0.29) is 45.1 Å². The topological polar surface area (TPSA) is 185 Å². The van der Waals surface area contributed by atoms with Gasteiger partial charge in [0.15, 0.2) is 5.13 Å². The summed E-state index contributed by atoms with van der Waals surface area (Å²) in [7, 11) is -2.86. The first kappa shape index (κ1) is 32.6. The number of nitrogens with zero attached hydrogens (tertiary/aromatic N) is 6. The lowest BCUT2D eigenvalue weighted by molar-refractivity contribution is -0.157. The summed E-state index contributed by atoms with van der Waals surface area (Å²) >= 11 is 1.33. The number of anilines is 2. The van der Waals surface area contributed by atoms with Crippen LogP contribution in [0.25, 0.3) is 10.2 Å². The van der Waals surface area contributed by atoms with E-state index in [0.29, 0.717) is 27.5 Å². The Hall–Kier alpha value is -5.31. The van der Waals surface area contributed by atoms with Gasteiger partial charge in [-0.2, -0.15) is 10.3 Å². The summed E-state index contributed by atoms with van der Waals surface area (Å²) < 4.78 is 38.8. The van der Waals surface area contributed by atoms with Gasteiger partial charge >= 0.3 is 6.03 Å². The summed E-state index contributed by atoms with van der Waals surface area (Å²) in [5, 5.41) is 15.5. The van der Waals surface area contributed by atoms with Crippen molar-refractivity contribution >= 4 is 61.1 Å². The van der Waals surface area contributed by atoms with Crippen molar-refractivity contribution in [3.8, 4) is 6.07 Å². The molecule has 0 spiro atoms. The third-order valence-corrected chi connectivity index (χ3v) is 9.46. The fourth-order valence-electron chi connectivity index (χ4n) is 6.01. The highest BCUT2D eigenvalue weighted by Gasteiger charge is 2.52. The van der Waals surface area contributed by atoms with Gasteiger partial charge in [0.1, 0.15) is 24.6 Å². The van der Waals surface area contributed by atoms with E-state index in [1.165, 1.54) is 45.5 Å². The summed E-state index contributed by atoms with van der Waals surface area (Å²) in [6.07, 6.45) is -0.687. The molecule has 6 rings (SSSR count). The van der Waals surface area contributed by atoms with Crippen molar-refractivity contribution in [2.75, 3.05) is 30.1 Å². The van der Waals surface area contributed by atoms with E-state index in [2.05, 4.69) is 15.0 Å². The van der Waals surface area contributed by atoms with Crippen LogP contribution >= 0.6 is 11.3 Å². The Morgan fingerprint density at radius 2 is 1.83 bits per heavy atom. The number of hydrazine groups is 1. The van der Waals surface area contributed by atoms with Gasteiger partial charge < -0.3 is 20.9 Å². The molecule has 0 bridgehead atoms. The number of aromatic nitrogens is 1. The molecule has 2 fully saturated rings. The predicted molar refractivity (Wildman–Crippen MR) is 176 cm³/mol. The van der Waals surface area contributed by atoms with Gasteiger partial charge in [-0.3, -0.25) is 14.3 Å². The summed E-state index contributed by atoms with van der Waals surface area (Å²) in [5.74, 6) is -1.14. The standard InChI is InChI=1S/C31H30FN9O5S2/c32-22-8-4-20(5-9-22)15-35-31(44)39(13-12-33)40-18-27(42)41-24(14-19-6-10-23(11-7-19)37-48(45)46)29(43)38(17-26(40)41)16-21-2-1-3-25-28(21)36-30(34)47-25/h1-11,24,26,48H,13-18H2,(H2,34,36)(H,35,44)(H,37,45,46)/t24-,26+/m0/s1. The number of benzene rings is 3. The van der Waals surface area contributed by atoms with Crippen molar-refractivity contribution in [3.63, 3.8) is 0 Å². The van der Waals surface area contributed by atoms with Gasteiger partial charge in [-0.15, -0.1) is 0 Å². The number of carbonyl (C=O) groups is 3. The van der Waals surface area contributed by atoms with Crippen molar-refractivity contribution in [1.82, 2.24) is 30.1 Å². The Labute approximate surface area is 280 Å². The average molecular weight is 692 g/mol. The number of thiazole rings is 1. The number of halogens is 1. The Bertz CT molecular complexity index is 1970. The van der Waals surface area contributed by atoms with Crippen LogP contribution in [0.15, 0.2) is 66.7 Å². The summed E-state index contributed by atoms with van der Waals surface area (Å²) in [5.41, 5.74) is 9.05. The zero-order valence-corrected chi connectivity index (χ0v) is 27.0. The van der Waals surface area contributed by atoms with Crippen LogP contribution in [0.3, 0.4) is 0 Å². The van der Waals surface area contributed by atoms with E-state index in [1.54, 1.807) is 29.2 Å². The molecule has 3 aromatic carbocycles. The summed E-state index contributed by atoms with van der Waals surface area (Å²) in [6, 6.07) is 18.0. The van der Waals surface area contributed by atoms with Crippen LogP contribution in [-0.2, 0) is 40.0 Å². The SMILES string of the molecule is N#CCN(C(=O)NCc1ccc(F)cc1)N1CC(=O)N2[C@@H](Cc3ccc(N[SH](=O)=O)cc3)C(=O)N(Cc3cccc4sc(N)nc34)C[C@@H]21. The van der Waals surface area contributed by atoms with Crippen LogP contribution in [0.4, 0.5) is 20.0 Å². The largest absolute Gasteiger partial charge is 0.375 e. The van der Waals surface area contributed by atoms with Gasteiger partial charge in [0, 0.05) is 25.2 Å². The molecule has 0 aliphatic carbocycles. The minimum Gasteiger partial charge on any atom is -0.375 e. The number of rotatable bonds is 10. The number of para-hydroxylation sites is 1. The number of amides is 4. The number of nitrogens with one attached hydrogen (secondary N) is 2. The van der Waals surface area contributed by atoms with Crippen molar-refractivity contribution in [3.05, 3.63) is 89.2 Å². The molecular formula is C31H30FN9O5S2. The minimum absolute atomic E-state index is 0.0314. The van der Waals surface area contributed by atoms with Gasteiger partial charge in [0.05, 0.1) is 29.4 Å². The smallest absolute Gasteiger partial charge is 0.333 e. The third kappa shape index (κ3) is 6.86. The van der Waals surface area contributed by atoms with Crippen LogP contribution in [0.2, 0.25) is 0 Å². The number of thiol groups is 1. The minimum atomic E-state index is -2.86. The van der Waals surface area contributed by atoms with Gasteiger partial charge in [-0.25, -0.2) is 27.6 Å². The summed E-state index contributed by atoms with van der Waals surface area (Å²) in [6.45, 7) is -0.401. The highest BCUT2D eigenvalue weighted by molar-refractivity contribution is 7.73. The van der Waals surface area contributed by atoms with E-state index in [1.807, 2.05) is 24.3 Å². The first-order valence-electron chi connectivity index (χ1n) is 14.8. The molecule has 48 heavy (non-hydrogen) atoms. The molecule has 0 radical (unpaired) electrons. The Kier molecular flexibility index (Phi) is 9.39. The van der Waals surface area contributed by atoms with Crippen molar-refractivity contribution < 1.29 is 27.2 Å². The molecule has 3 heterocycles. The first-order chi connectivity index (χ1) is 23.1. The van der Waals surface area contributed by atoms with E-state index in [4.69, 9.17) is 5.73 Å². The van der Waals surface area contributed by atoms with E-state index in [0.717, 1.165) is 15.3 Å². The maximum atomic E-state index is 14.2. The third-order valence-electron chi connectivity index (χ3n) is 8.17. The number of hydrogen-bond donors (Lipinski definition) is 4. The van der Waals surface area contributed by atoms with Crippen LogP contribution in [0.5, 0.6) is 0 Å². The molecule has 4 amide bonds. The molecule has 4 aromatic rings. The highest BCUT2D eigenvalue weighted by Crippen LogP contribution is 2.32. The van der Waals surface area contributed by atoms with Gasteiger partial charge in [0.2, 0.25) is 22.7 Å². The molecule has 1 aromatic heterocycles. The number of urea groups is 1. The second-order valence-corrected chi connectivity index (χ2v) is 13.0. The van der Waals surface area contributed by atoms with Crippen LogP contribution in [-0.4, -0.2) is 82.9 Å². The number of nitriles is 1. The average Bonchev–Trinajstić information content (AvgIpc) is 3.60. The number of piperazine rings is 1. The molecule has 2 aliphatic rings. The quantitative estimate of drug-likeness (QED) is 0.143.